The van der Waals surface area contributed by atoms with Gasteiger partial charge in [-0.05, 0) is 31.5 Å². The van der Waals surface area contributed by atoms with Gasteiger partial charge >= 0.3 is 0 Å². The van der Waals surface area contributed by atoms with E-state index in [9.17, 15) is 13.6 Å². The summed E-state index contributed by atoms with van der Waals surface area (Å²) in [6, 6.07) is 2.81. The van der Waals surface area contributed by atoms with Gasteiger partial charge in [0.05, 0.1) is 6.04 Å². The van der Waals surface area contributed by atoms with Gasteiger partial charge < -0.3 is 4.74 Å². The van der Waals surface area contributed by atoms with Crippen LogP contribution in [0.5, 0.6) is 0 Å². The van der Waals surface area contributed by atoms with E-state index in [1.807, 2.05) is 13.8 Å². The third-order valence-corrected chi connectivity index (χ3v) is 2.96. The topological polar surface area (TPSA) is 69.0 Å². The summed E-state index contributed by atoms with van der Waals surface area (Å²) in [5, 5.41) is 6.53. The van der Waals surface area contributed by atoms with Crippen LogP contribution in [-0.2, 0) is 9.53 Å². The highest BCUT2D eigenvalue weighted by Gasteiger charge is 2.23. The number of halogens is 2. The zero-order valence-electron chi connectivity index (χ0n) is 12.4. The van der Waals surface area contributed by atoms with Crippen LogP contribution in [0.3, 0.4) is 0 Å². The molecule has 0 aliphatic carbocycles. The second-order valence-corrected chi connectivity index (χ2v) is 4.93. The number of amides is 1. The van der Waals surface area contributed by atoms with Gasteiger partial charge in [0.15, 0.2) is 6.10 Å². The minimum Gasteiger partial charge on any atom is -0.367 e. The van der Waals surface area contributed by atoms with Crippen molar-refractivity contribution in [2.45, 2.75) is 26.0 Å². The van der Waals surface area contributed by atoms with Crippen molar-refractivity contribution in [1.29, 1.82) is 0 Å². The average molecular weight is 310 g/mol. The molecular formula is C14H16F2N4O2. The van der Waals surface area contributed by atoms with Gasteiger partial charge in [0.25, 0.3) is 5.91 Å². The van der Waals surface area contributed by atoms with E-state index < -0.39 is 23.6 Å². The molecule has 22 heavy (non-hydrogen) atoms. The van der Waals surface area contributed by atoms with Gasteiger partial charge in [-0.1, -0.05) is 0 Å². The Morgan fingerprint density at radius 2 is 1.91 bits per heavy atom. The Bertz CT molecular complexity index is 652. The van der Waals surface area contributed by atoms with Gasteiger partial charge in [0.2, 0.25) is 5.95 Å². The van der Waals surface area contributed by atoms with E-state index in [1.165, 1.54) is 18.1 Å². The van der Waals surface area contributed by atoms with Crippen molar-refractivity contribution in [3.8, 4) is 0 Å². The number of rotatable bonds is 5. The standard InChI is InChI=1S/C14H16F2N4O2/c1-8(2)20-14(17-7-18-20)19-13(21)12(22-3)9-4-10(15)6-11(16)5-9/h4-8,12H,1-3H3,(H,17,18,19,21). The molecule has 1 N–H and O–H groups in total. The highest BCUT2D eigenvalue weighted by Crippen LogP contribution is 2.21. The van der Waals surface area contributed by atoms with Crippen molar-refractivity contribution in [2.24, 2.45) is 0 Å². The molecule has 0 aliphatic rings. The molecule has 0 bridgehead atoms. The van der Waals surface area contributed by atoms with Crippen molar-refractivity contribution in [2.75, 3.05) is 12.4 Å². The summed E-state index contributed by atoms with van der Waals surface area (Å²) in [6.07, 6.45) is 0.140. The fourth-order valence-electron chi connectivity index (χ4n) is 2.01. The molecule has 0 saturated carbocycles. The maximum absolute atomic E-state index is 13.3. The molecule has 0 spiro atoms. The maximum atomic E-state index is 13.3. The van der Waals surface area contributed by atoms with Crippen LogP contribution in [0.2, 0.25) is 0 Å². The number of nitrogens with one attached hydrogen (secondary N) is 1. The van der Waals surface area contributed by atoms with Crippen molar-refractivity contribution >= 4 is 11.9 Å². The quantitative estimate of drug-likeness (QED) is 0.921. The highest BCUT2D eigenvalue weighted by atomic mass is 19.1. The van der Waals surface area contributed by atoms with E-state index in [2.05, 4.69) is 15.4 Å². The van der Waals surface area contributed by atoms with E-state index in [4.69, 9.17) is 4.74 Å². The van der Waals surface area contributed by atoms with E-state index >= 15 is 0 Å². The first-order valence-electron chi connectivity index (χ1n) is 6.61. The Balaban J connectivity index is 2.23. The Kier molecular flexibility index (Phi) is 4.81. The molecule has 6 nitrogen and oxygen atoms in total. The zero-order valence-corrected chi connectivity index (χ0v) is 12.4. The van der Waals surface area contributed by atoms with E-state index in [0.717, 1.165) is 18.2 Å². The van der Waals surface area contributed by atoms with Gasteiger partial charge in [-0.15, -0.1) is 0 Å². The summed E-state index contributed by atoms with van der Waals surface area (Å²) < 4.78 is 33.1. The molecule has 1 unspecified atom stereocenters. The first-order valence-corrected chi connectivity index (χ1v) is 6.61. The normalized spacial score (nSPS) is 12.5. The third-order valence-electron chi connectivity index (χ3n) is 2.96. The lowest BCUT2D eigenvalue weighted by Crippen LogP contribution is -2.25. The molecule has 1 aromatic carbocycles. The van der Waals surface area contributed by atoms with E-state index in [0.29, 0.717) is 0 Å². The van der Waals surface area contributed by atoms with Crippen molar-refractivity contribution in [3.63, 3.8) is 0 Å². The summed E-state index contributed by atoms with van der Waals surface area (Å²) in [7, 11) is 1.28. The molecule has 1 aromatic heterocycles. The van der Waals surface area contributed by atoms with Gasteiger partial charge in [-0.25, -0.2) is 13.5 Å². The predicted octanol–water partition coefficient (Wildman–Crippen LogP) is 2.46. The van der Waals surface area contributed by atoms with Crippen molar-refractivity contribution < 1.29 is 18.3 Å². The average Bonchev–Trinajstić information content (AvgIpc) is 2.86. The Hall–Kier alpha value is -2.35. The van der Waals surface area contributed by atoms with Crippen LogP contribution in [0.25, 0.3) is 0 Å². The van der Waals surface area contributed by atoms with Crippen LogP contribution < -0.4 is 5.32 Å². The monoisotopic (exact) mass is 310 g/mol. The smallest absolute Gasteiger partial charge is 0.260 e. The van der Waals surface area contributed by atoms with Crippen LogP contribution >= 0.6 is 0 Å². The number of ether oxygens (including phenoxy) is 1. The third kappa shape index (κ3) is 3.45. The summed E-state index contributed by atoms with van der Waals surface area (Å²) in [4.78, 5) is 16.2. The van der Waals surface area contributed by atoms with E-state index in [-0.39, 0.29) is 17.6 Å². The Morgan fingerprint density at radius 3 is 2.45 bits per heavy atom. The first-order chi connectivity index (χ1) is 10.4. The molecule has 2 rings (SSSR count). The van der Waals surface area contributed by atoms with Crippen molar-refractivity contribution in [1.82, 2.24) is 14.8 Å². The number of anilines is 1. The number of benzene rings is 1. The number of nitrogens with zero attached hydrogens (tertiary/aromatic N) is 3. The first kappa shape index (κ1) is 16.0. The minimum absolute atomic E-state index is 0.00888. The van der Waals surface area contributed by atoms with Gasteiger partial charge in [0, 0.05) is 13.2 Å². The number of carbonyl (C=O) groups is 1. The van der Waals surface area contributed by atoms with Crippen LogP contribution in [0.4, 0.5) is 14.7 Å². The number of hydrogen-bond acceptors (Lipinski definition) is 4. The number of aromatic nitrogens is 3. The van der Waals surface area contributed by atoms with Gasteiger partial charge in [-0.3, -0.25) is 10.1 Å². The molecule has 118 valence electrons. The van der Waals surface area contributed by atoms with Crippen molar-refractivity contribution in [3.05, 3.63) is 41.7 Å². The lowest BCUT2D eigenvalue weighted by molar-refractivity contribution is -0.126. The van der Waals surface area contributed by atoms with Crippen LogP contribution in [-0.4, -0.2) is 27.8 Å². The number of hydrogen-bond donors (Lipinski definition) is 1. The molecule has 0 radical (unpaired) electrons. The maximum Gasteiger partial charge on any atom is 0.260 e. The molecule has 0 saturated heterocycles. The summed E-state index contributed by atoms with van der Waals surface area (Å²) in [5.74, 6) is -1.92. The molecule has 8 heteroatoms. The number of methoxy groups -OCH3 is 1. The summed E-state index contributed by atoms with van der Waals surface area (Å²) in [5.41, 5.74) is 0.0770. The fraction of sp³-hybridized carbons (Fsp3) is 0.357. The van der Waals surface area contributed by atoms with Crippen LogP contribution in [0.15, 0.2) is 24.5 Å². The van der Waals surface area contributed by atoms with Gasteiger partial charge in [-0.2, -0.15) is 10.1 Å². The second kappa shape index (κ2) is 6.61. The minimum atomic E-state index is -1.16. The molecule has 0 aliphatic heterocycles. The fourth-order valence-corrected chi connectivity index (χ4v) is 2.01. The Labute approximate surface area is 126 Å². The summed E-state index contributed by atoms with van der Waals surface area (Å²) in [6.45, 7) is 3.75. The molecule has 2 aromatic rings. The SMILES string of the molecule is COC(C(=O)Nc1ncnn1C(C)C)c1cc(F)cc(F)c1. The van der Waals surface area contributed by atoms with E-state index in [1.54, 1.807) is 0 Å². The lowest BCUT2D eigenvalue weighted by atomic mass is 10.1. The Morgan fingerprint density at radius 1 is 1.27 bits per heavy atom. The molecule has 0 fully saturated rings. The second-order valence-electron chi connectivity index (χ2n) is 4.93. The van der Waals surface area contributed by atoms with Crippen LogP contribution in [0.1, 0.15) is 31.6 Å². The molecule has 1 amide bonds. The number of carbonyl (C=O) groups excluding carboxylic acids is 1. The lowest BCUT2D eigenvalue weighted by Gasteiger charge is -2.16. The largest absolute Gasteiger partial charge is 0.367 e. The van der Waals surface area contributed by atoms with Gasteiger partial charge in [0.1, 0.15) is 18.0 Å². The van der Waals surface area contributed by atoms with Crippen LogP contribution in [0, 0.1) is 11.6 Å². The molecule has 1 heterocycles. The molecule has 1 atom stereocenters. The summed E-state index contributed by atoms with van der Waals surface area (Å²) >= 11 is 0. The molecular weight excluding hydrogens is 294 g/mol. The predicted molar refractivity (Wildman–Crippen MR) is 75.1 cm³/mol. The zero-order chi connectivity index (χ0) is 16.3. The highest BCUT2D eigenvalue weighted by molar-refractivity contribution is 5.93.